The van der Waals surface area contributed by atoms with E-state index in [2.05, 4.69) is 17.6 Å². The molecule has 10 heteroatoms. The van der Waals surface area contributed by atoms with Gasteiger partial charge in [-0.1, -0.05) is 43.8 Å². The number of rotatable bonds is 8. The van der Waals surface area contributed by atoms with E-state index in [0.717, 1.165) is 11.6 Å². The highest BCUT2D eigenvalue weighted by Gasteiger charge is 2.37. The molecule has 0 spiro atoms. The Labute approximate surface area is 180 Å². The second-order valence-electron chi connectivity index (χ2n) is 6.69. The summed E-state index contributed by atoms with van der Waals surface area (Å²) in [6.07, 6.45) is 1.78. The number of primary amides is 1. The van der Waals surface area contributed by atoms with Gasteiger partial charge in [-0.15, -0.1) is 0 Å². The quantitative estimate of drug-likeness (QED) is 0.473. The van der Waals surface area contributed by atoms with Gasteiger partial charge in [-0.25, -0.2) is 0 Å². The summed E-state index contributed by atoms with van der Waals surface area (Å²) in [6, 6.07) is 8.37. The predicted molar refractivity (Wildman–Crippen MR) is 113 cm³/mol. The van der Waals surface area contributed by atoms with Crippen LogP contribution in [0, 0.1) is 0 Å². The van der Waals surface area contributed by atoms with Crippen LogP contribution in [-0.2, 0) is 30.4 Å². The topological polar surface area (TPSA) is 150 Å². The van der Waals surface area contributed by atoms with Crippen LogP contribution in [0.15, 0.2) is 43.0 Å². The summed E-state index contributed by atoms with van der Waals surface area (Å²) in [6.45, 7) is 4.74. The number of carbonyl (C=O) groups excluding carboxylic acids is 4. The summed E-state index contributed by atoms with van der Waals surface area (Å²) in [5.41, 5.74) is 5.51. The van der Waals surface area contributed by atoms with Crippen LogP contribution in [0.4, 0.5) is 0 Å². The standard InChI is InChI=1S/C18H21N3O5.C3H7NO/c1-2-15(22)19-11-16(23)21-9-8-20(12-17(24)25)18(26)14(21)10-13-6-4-3-5-7-13;1-2-3(4)5/h2-7,14H,1,8-12H2,(H,19,22)(H,24,25);2H2,1H3,(H2,4,5)/t14-;/m0./s1. The first-order valence-corrected chi connectivity index (χ1v) is 9.72. The Morgan fingerprint density at radius 1 is 1.23 bits per heavy atom. The van der Waals surface area contributed by atoms with Crippen molar-refractivity contribution in [2.75, 3.05) is 26.2 Å². The van der Waals surface area contributed by atoms with Gasteiger partial charge in [0.1, 0.15) is 12.6 Å². The first-order valence-electron chi connectivity index (χ1n) is 9.72. The Bertz CT molecular complexity index is 811. The van der Waals surface area contributed by atoms with Crippen LogP contribution in [0.2, 0.25) is 0 Å². The maximum atomic E-state index is 12.7. The van der Waals surface area contributed by atoms with Crippen molar-refractivity contribution in [2.45, 2.75) is 25.8 Å². The fraction of sp³-hybridized carbons (Fsp3) is 0.381. The number of carboxylic acid groups (broad SMARTS) is 1. The van der Waals surface area contributed by atoms with Gasteiger partial charge < -0.3 is 26.0 Å². The molecule has 1 saturated heterocycles. The van der Waals surface area contributed by atoms with E-state index >= 15 is 0 Å². The van der Waals surface area contributed by atoms with E-state index in [1.807, 2.05) is 30.3 Å². The molecular weight excluding hydrogens is 404 g/mol. The van der Waals surface area contributed by atoms with Gasteiger partial charge in [-0.05, 0) is 11.6 Å². The Kier molecular flexibility index (Phi) is 10.5. The van der Waals surface area contributed by atoms with E-state index < -0.39 is 36.3 Å². The number of nitrogens with zero attached hydrogens (tertiary/aromatic N) is 2. The van der Waals surface area contributed by atoms with Crippen LogP contribution in [0.5, 0.6) is 0 Å². The lowest BCUT2D eigenvalue weighted by molar-refractivity contribution is -0.155. The van der Waals surface area contributed by atoms with Crippen molar-refractivity contribution in [3.8, 4) is 0 Å². The van der Waals surface area contributed by atoms with Gasteiger partial charge in [0.25, 0.3) is 0 Å². The Morgan fingerprint density at radius 2 is 1.84 bits per heavy atom. The second-order valence-corrected chi connectivity index (χ2v) is 6.69. The number of carboxylic acids is 1. The molecule has 10 nitrogen and oxygen atoms in total. The number of piperazine rings is 1. The van der Waals surface area contributed by atoms with Crippen molar-refractivity contribution < 1.29 is 29.1 Å². The van der Waals surface area contributed by atoms with E-state index in [0.29, 0.717) is 6.42 Å². The molecule has 4 amide bonds. The van der Waals surface area contributed by atoms with E-state index in [1.54, 1.807) is 6.92 Å². The summed E-state index contributed by atoms with van der Waals surface area (Å²) < 4.78 is 0. The maximum absolute atomic E-state index is 12.7. The van der Waals surface area contributed by atoms with Gasteiger partial charge in [0.2, 0.25) is 23.6 Å². The fourth-order valence-corrected chi connectivity index (χ4v) is 2.83. The molecule has 1 atom stereocenters. The summed E-state index contributed by atoms with van der Waals surface area (Å²) in [7, 11) is 0. The van der Waals surface area contributed by atoms with Crippen LogP contribution >= 0.6 is 0 Å². The van der Waals surface area contributed by atoms with Gasteiger partial charge in [-0.2, -0.15) is 0 Å². The number of nitrogens with one attached hydrogen (secondary N) is 1. The van der Waals surface area contributed by atoms with E-state index in [4.69, 9.17) is 5.11 Å². The molecule has 1 aliphatic rings. The molecule has 0 bridgehead atoms. The number of nitrogens with two attached hydrogens (primary N) is 1. The lowest BCUT2D eigenvalue weighted by Crippen LogP contribution is -2.61. The van der Waals surface area contributed by atoms with E-state index in [-0.39, 0.29) is 32.0 Å². The summed E-state index contributed by atoms with van der Waals surface area (Å²) in [5.74, 6) is -2.64. The monoisotopic (exact) mass is 432 g/mol. The lowest BCUT2D eigenvalue weighted by Gasteiger charge is -2.40. The Morgan fingerprint density at radius 3 is 2.35 bits per heavy atom. The highest BCUT2D eigenvalue weighted by molar-refractivity contribution is 5.94. The predicted octanol–water partition coefficient (Wildman–Crippen LogP) is -0.463. The number of amides is 4. The zero-order chi connectivity index (χ0) is 23.4. The second kappa shape index (κ2) is 12.8. The van der Waals surface area contributed by atoms with Crippen molar-refractivity contribution >= 4 is 29.6 Å². The minimum absolute atomic E-state index is 0.136. The third kappa shape index (κ3) is 8.69. The first kappa shape index (κ1) is 25.3. The smallest absolute Gasteiger partial charge is 0.323 e. The Hall–Kier alpha value is -3.69. The highest BCUT2D eigenvalue weighted by atomic mass is 16.4. The fourth-order valence-electron chi connectivity index (χ4n) is 2.83. The Balaban J connectivity index is 0.000000861. The van der Waals surface area contributed by atoms with E-state index in [1.165, 1.54) is 9.80 Å². The number of hydrogen-bond donors (Lipinski definition) is 3. The van der Waals surface area contributed by atoms with Crippen molar-refractivity contribution in [3.05, 3.63) is 48.6 Å². The third-order valence-corrected chi connectivity index (χ3v) is 4.45. The summed E-state index contributed by atoms with van der Waals surface area (Å²) >= 11 is 0. The molecule has 0 radical (unpaired) electrons. The normalized spacial score (nSPS) is 15.4. The molecule has 4 N–H and O–H groups in total. The molecule has 0 aliphatic carbocycles. The van der Waals surface area contributed by atoms with Crippen molar-refractivity contribution in [3.63, 3.8) is 0 Å². The molecule has 1 aliphatic heterocycles. The van der Waals surface area contributed by atoms with Gasteiger partial charge >= 0.3 is 5.97 Å². The van der Waals surface area contributed by atoms with Crippen LogP contribution in [0.1, 0.15) is 18.9 Å². The number of hydrogen-bond acceptors (Lipinski definition) is 5. The van der Waals surface area contributed by atoms with Crippen molar-refractivity contribution in [2.24, 2.45) is 5.73 Å². The molecule has 0 saturated carbocycles. The first-order chi connectivity index (χ1) is 14.7. The zero-order valence-corrected chi connectivity index (χ0v) is 17.5. The number of carbonyl (C=O) groups is 5. The highest BCUT2D eigenvalue weighted by Crippen LogP contribution is 2.17. The van der Waals surface area contributed by atoms with Crippen LogP contribution in [0.25, 0.3) is 0 Å². The minimum atomic E-state index is -1.10. The van der Waals surface area contributed by atoms with Crippen molar-refractivity contribution in [1.29, 1.82) is 0 Å². The molecule has 168 valence electrons. The van der Waals surface area contributed by atoms with E-state index in [9.17, 15) is 24.0 Å². The molecule has 2 rings (SSSR count). The van der Waals surface area contributed by atoms with Crippen LogP contribution in [0.3, 0.4) is 0 Å². The summed E-state index contributed by atoms with van der Waals surface area (Å²) in [5, 5.41) is 11.4. The molecule has 1 aromatic carbocycles. The minimum Gasteiger partial charge on any atom is -0.480 e. The largest absolute Gasteiger partial charge is 0.480 e. The van der Waals surface area contributed by atoms with Gasteiger partial charge in [0.05, 0.1) is 6.54 Å². The van der Waals surface area contributed by atoms with Crippen molar-refractivity contribution in [1.82, 2.24) is 15.1 Å². The number of aliphatic carboxylic acids is 1. The molecular formula is C21H28N4O6. The average molecular weight is 432 g/mol. The van der Waals surface area contributed by atoms with Gasteiger partial charge in [-0.3, -0.25) is 24.0 Å². The molecule has 0 aromatic heterocycles. The van der Waals surface area contributed by atoms with Gasteiger partial charge in [0, 0.05) is 25.9 Å². The molecule has 1 fully saturated rings. The average Bonchev–Trinajstić information content (AvgIpc) is 2.75. The molecule has 31 heavy (non-hydrogen) atoms. The third-order valence-electron chi connectivity index (χ3n) is 4.45. The number of benzene rings is 1. The van der Waals surface area contributed by atoms with Gasteiger partial charge in [0.15, 0.2) is 0 Å². The van der Waals surface area contributed by atoms with Crippen LogP contribution in [-0.4, -0.2) is 76.7 Å². The zero-order valence-electron chi connectivity index (χ0n) is 17.5. The molecule has 0 unspecified atom stereocenters. The summed E-state index contributed by atoms with van der Waals surface area (Å²) in [4.78, 5) is 59.7. The van der Waals surface area contributed by atoms with Crippen LogP contribution < -0.4 is 11.1 Å². The maximum Gasteiger partial charge on any atom is 0.323 e. The SMILES string of the molecule is C=CC(=O)NCC(=O)N1CCN(CC(=O)O)C(=O)[C@@H]1Cc1ccccc1.CCC(N)=O. The molecule has 1 heterocycles. The lowest BCUT2D eigenvalue weighted by atomic mass is 10.0. The molecule has 1 aromatic rings.